The summed E-state index contributed by atoms with van der Waals surface area (Å²) in [5.41, 5.74) is 1.43. The summed E-state index contributed by atoms with van der Waals surface area (Å²) in [6.45, 7) is 2.56. The van der Waals surface area contributed by atoms with Crippen LogP contribution in [0.5, 0.6) is 5.88 Å². The second-order valence-electron chi connectivity index (χ2n) is 13.2. The first-order valence-corrected chi connectivity index (χ1v) is 17.6. The Hall–Kier alpha value is -4.30. The predicted octanol–water partition coefficient (Wildman–Crippen LogP) is 8.68. The van der Waals surface area contributed by atoms with Crippen LogP contribution in [0.15, 0.2) is 60.8 Å². The molecule has 7 rings (SSSR count). The van der Waals surface area contributed by atoms with Crippen LogP contribution in [0.1, 0.15) is 45.1 Å². The van der Waals surface area contributed by atoms with Gasteiger partial charge in [0.15, 0.2) is 5.82 Å². The Morgan fingerprint density at radius 1 is 1.16 bits per heavy atom. The number of fused-ring (bicyclic) bond motifs is 4. The van der Waals surface area contributed by atoms with Crippen LogP contribution in [0.3, 0.4) is 0 Å². The van der Waals surface area contributed by atoms with Gasteiger partial charge in [-0.05, 0) is 75.4 Å². The lowest BCUT2D eigenvalue weighted by Crippen LogP contribution is -2.46. The van der Waals surface area contributed by atoms with Crippen molar-refractivity contribution in [3.8, 4) is 23.1 Å². The van der Waals surface area contributed by atoms with Crippen molar-refractivity contribution in [1.29, 1.82) is 5.26 Å². The van der Waals surface area contributed by atoms with Crippen molar-refractivity contribution in [2.45, 2.75) is 63.3 Å². The number of likely N-dealkylation sites (tertiary alicyclic amines) is 2. The number of amides is 1. The number of halogens is 4. The van der Waals surface area contributed by atoms with Gasteiger partial charge in [-0.3, -0.25) is 14.4 Å². The molecule has 0 spiro atoms. The minimum absolute atomic E-state index is 0.0854. The third kappa shape index (κ3) is 6.06. The molecule has 2 aliphatic heterocycles. The van der Waals surface area contributed by atoms with Gasteiger partial charge in [0.1, 0.15) is 18.3 Å². The number of carbonyl (C=O) groups excluding carboxylic acids is 1. The fraction of sp³-hybridized carbons (Fsp3) is 0.368. The smallest absolute Gasteiger partial charge is 0.246 e. The Balaban J connectivity index is 1.40. The van der Waals surface area contributed by atoms with E-state index in [1.165, 1.54) is 12.2 Å². The molecule has 2 fully saturated rings. The quantitative estimate of drug-likeness (QED) is 0.149. The van der Waals surface area contributed by atoms with Crippen LogP contribution in [-0.2, 0) is 4.79 Å². The molecule has 1 amide bonds. The van der Waals surface area contributed by atoms with Gasteiger partial charge in [0.05, 0.1) is 40.7 Å². The van der Waals surface area contributed by atoms with Crippen molar-refractivity contribution >= 4 is 61.7 Å². The number of aromatic nitrogens is 3. The molecular formula is C38H36Cl2F2N6O2. The van der Waals surface area contributed by atoms with Crippen molar-refractivity contribution < 1.29 is 18.3 Å². The number of likely N-dealkylation sites (N-methyl/N-ethyl adjacent to an activating group) is 1. The molecule has 0 radical (unpaired) electrons. The zero-order valence-corrected chi connectivity index (χ0v) is 29.3. The number of hydrogen-bond acceptors (Lipinski definition) is 6. The molecule has 0 unspecified atom stereocenters. The highest BCUT2D eigenvalue weighted by Gasteiger charge is 2.35. The molecule has 8 nitrogen and oxygen atoms in total. The predicted molar refractivity (Wildman–Crippen MR) is 193 cm³/mol. The minimum atomic E-state index is -0.750. The lowest BCUT2D eigenvalue weighted by molar-refractivity contribution is -0.130. The average Bonchev–Trinajstić information content (AvgIpc) is 3.75. The van der Waals surface area contributed by atoms with E-state index in [2.05, 4.69) is 18.0 Å². The van der Waals surface area contributed by atoms with Gasteiger partial charge in [0, 0.05) is 46.1 Å². The van der Waals surface area contributed by atoms with Gasteiger partial charge < -0.3 is 9.64 Å². The maximum absolute atomic E-state index is 17.2. The highest BCUT2D eigenvalue weighted by molar-refractivity contribution is 6.38. The molecule has 0 saturated carbocycles. The van der Waals surface area contributed by atoms with Crippen molar-refractivity contribution in [2.24, 2.45) is 0 Å². The van der Waals surface area contributed by atoms with Crippen molar-refractivity contribution in [1.82, 2.24) is 24.6 Å². The maximum Gasteiger partial charge on any atom is 0.246 e. The first-order chi connectivity index (χ1) is 24.2. The second-order valence-corrected chi connectivity index (χ2v) is 14.0. The Morgan fingerprint density at radius 2 is 1.96 bits per heavy atom. The number of benzene rings is 3. The summed E-state index contributed by atoms with van der Waals surface area (Å²) in [5.74, 6) is -0.669. The van der Waals surface area contributed by atoms with E-state index in [0.29, 0.717) is 51.6 Å². The second kappa shape index (κ2) is 14.1. The van der Waals surface area contributed by atoms with E-state index < -0.39 is 18.5 Å². The zero-order valence-electron chi connectivity index (χ0n) is 27.8. The van der Waals surface area contributed by atoms with Gasteiger partial charge in [0.2, 0.25) is 11.8 Å². The summed E-state index contributed by atoms with van der Waals surface area (Å²) in [7, 11) is 2.07. The molecule has 12 heteroatoms. The van der Waals surface area contributed by atoms with Crippen molar-refractivity contribution in [2.75, 3.05) is 26.8 Å². The van der Waals surface area contributed by atoms with E-state index in [9.17, 15) is 14.4 Å². The molecule has 0 N–H and O–H groups in total. The summed E-state index contributed by atoms with van der Waals surface area (Å²) in [5, 5.41) is 17.7. The lowest BCUT2D eigenvalue weighted by Gasteiger charge is -2.38. The van der Waals surface area contributed by atoms with E-state index in [1.807, 2.05) is 35.9 Å². The number of pyridine rings is 1. The average molecular weight is 718 g/mol. The van der Waals surface area contributed by atoms with Crippen LogP contribution >= 0.6 is 23.2 Å². The van der Waals surface area contributed by atoms with Gasteiger partial charge in [-0.15, -0.1) is 0 Å². The summed E-state index contributed by atoms with van der Waals surface area (Å²) in [6.07, 6.45) is 6.91. The van der Waals surface area contributed by atoms with Crippen molar-refractivity contribution in [3.63, 3.8) is 0 Å². The number of rotatable bonds is 8. The van der Waals surface area contributed by atoms with Crippen LogP contribution in [0.4, 0.5) is 8.78 Å². The van der Waals surface area contributed by atoms with E-state index in [1.54, 1.807) is 29.3 Å². The molecule has 4 heterocycles. The number of nitrogens with zero attached hydrogens (tertiary/aromatic N) is 6. The lowest BCUT2D eigenvalue weighted by atomic mass is 9.94. The van der Waals surface area contributed by atoms with Crippen LogP contribution in [0, 0.1) is 17.1 Å². The van der Waals surface area contributed by atoms with Gasteiger partial charge in [-0.2, -0.15) is 10.4 Å². The number of nitriles is 1. The van der Waals surface area contributed by atoms with Gasteiger partial charge >= 0.3 is 0 Å². The molecule has 50 heavy (non-hydrogen) atoms. The van der Waals surface area contributed by atoms with Crippen LogP contribution in [-0.4, -0.2) is 75.5 Å². The summed E-state index contributed by atoms with van der Waals surface area (Å²) >= 11 is 13.7. The molecule has 4 atom stereocenters. The minimum Gasteiger partial charge on any atom is -0.472 e. The first-order valence-electron chi connectivity index (χ1n) is 16.8. The third-order valence-corrected chi connectivity index (χ3v) is 10.8. The maximum atomic E-state index is 17.2. The number of ether oxygens (including phenoxy) is 1. The number of hydrogen-bond donors (Lipinski definition) is 0. The van der Waals surface area contributed by atoms with Crippen LogP contribution in [0.25, 0.3) is 43.7 Å². The van der Waals surface area contributed by atoms with Gasteiger partial charge in [-0.25, -0.2) is 13.8 Å². The van der Waals surface area contributed by atoms with Crippen LogP contribution < -0.4 is 4.74 Å². The molecule has 258 valence electrons. The fourth-order valence-electron chi connectivity index (χ4n) is 7.83. The summed E-state index contributed by atoms with van der Waals surface area (Å²) in [6, 6.07) is 14.5. The summed E-state index contributed by atoms with van der Waals surface area (Å²) < 4.78 is 38.4. The molecule has 0 aliphatic carbocycles. The number of piperidine rings is 1. The Morgan fingerprint density at radius 3 is 2.70 bits per heavy atom. The van der Waals surface area contributed by atoms with Crippen LogP contribution in [0.2, 0.25) is 10.0 Å². The largest absolute Gasteiger partial charge is 0.472 e. The highest BCUT2D eigenvalue weighted by atomic mass is 35.5. The third-order valence-electron chi connectivity index (χ3n) is 10.2. The molecular weight excluding hydrogens is 681 g/mol. The fourth-order valence-corrected chi connectivity index (χ4v) is 8.41. The van der Waals surface area contributed by atoms with E-state index in [4.69, 9.17) is 38.0 Å². The standard InChI is InChI=1S/C38H36Cl2F2N6O2/c1-22(31-11-6-17-46(31)2)50-38-28-21-44-48(25-14-18-47(24(19-25)13-16-43)32(49)12-5-15-41)37(28)27-20-30(40)34(35(42)36(27)45-38)26-9-3-7-23-8-4-10-29(39)33(23)26/h3-5,7-10,12,20-22,24-25,31H,6,11,13-15,17-19H2,1-2H3/b12-5+/t22-,24+,25-,31-/m0/s1. The Labute approximate surface area is 298 Å². The Kier molecular flexibility index (Phi) is 9.66. The normalized spacial score (nSPS) is 20.7. The number of alkyl halides is 1. The molecule has 2 aliphatic rings. The number of carbonyl (C=O) groups is 1. The molecule has 5 aromatic rings. The molecule has 0 bridgehead atoms. The highest BCUT2D eigenvalue weighted by Crippen LogP contribution is 2.44. The van der Waals surface area contributed by atoms with E-state index in [0.717, 1.165) is 24.8 Å². The Bertz CT molecular complexity index is 2180. The molecule has 2 aromatic heterocycles. The first kappa shape index (κ1) is 34.2. The SMILES string of the molecule is C[C@H](Oc1nc2c(F)c(-c3cccc4cccc(Cl)c34)c(Cl)cc2c2c1cnn2[C@H]1CCN(C(=O)/C=C/CF)[C@H](CC#N)C1)[C@@H]1CCCN1C. The monoisotopic (exact) mass is 716 g/mol. The topological polar surface area (TPSA) is 87.3 Å². The van der Waals surface area contributed by atoms with Crippen molar-refractivity contribution in [3.05, 3.63) is 76.7 Å². The van der Waals surface area contributed by atoms with Gasteiger partial charge in [0.25, 0.3) is 0 Å². The molecule has 2 saturated heterocycles. The summed E-state index contributed by atoms with van der Waals surface area (Å²) in [4.78, 5) is 21.6. The zero-order chi connectivity index (χ0) is 35.1. The molecule has 3 aromatic carbocycles. The van der Waals surface area contributed by atoms with Gasteiger partial charge in [-0.1, -0.05) is 53.5 Å². The number of allylic oxidation sites excluding steroid dienone is 1. The van der Waals surface area contributed by atoms with E-state index in [-0.39, 0.29) is 52.5 Å². The van der Waals surface area contributed by atoms with E-state index >= 15 is 4.39 Å².